The first kappa shape index (κ1) is 14.0. The zero-order valence-corrected chi connectivity index (χ0v) is 12.3. The van der Waals surface area contributed by atoms with Crippen LogP contribution in [0.2, 0.25) is 0 Å². The van der Waals surface area contributed by atoms with Crippen LogP contribution in [0.15, 0.2) is 71.5 Å². The van der Waals surface area contributed by atoms with Gasteiger partial charge in [-0.05, 0) is 17.7 Å². The summed E-state index contributed by atoms with van der Waals surface area (Å²) in [5.74, 6) is 0.495. The molecule has 1 heterocycles. The summed E-state index contributed by atoms with van der Waals surface area (Å²) in [6, 6.07) is 20.1. The van der Waals surface area contributed by atoms with Crippen molar-refractivity contribution in [3.05, 3.63) is 72.2 Å². The van der Waals surface area contributed by atoms with Gasteiger partial charge in [0.15, 0.2) is 6.10 Å². The quantitative estimate of drug-likeness (QED) is 0.877. The minimum atomic E-state index is -0.282. The summed E-state index contributed by atoms with van der Waals surface area (Å²) < 4.78 is 11.3. The van der Waals surface area contributed by atoms with Gasteiger partial charge < -0.3 is 14.6 Å². The minimum Gasteiger partial charge on any atom is -0.461 e. The van der Waals surface area contributed by atoms with Gasteiger partial charge in [0.05, 0.1) is 6.61 Å². The fraction of sp³-hybridized carbons (Fsp3) is 0.176. The molecule has 4 heteroatoms. The number of aliphatic hydroxyl groups excluding tert-OH is 1. The first-order valence-corrected chi connectivity index (χ1v) is 7.61. The SMILES string of the molecule is OCC1CO/C(=C(\Sc2ccccc2)c2ccccc2)O1. The third-order valence-electron chi connectivity index (χ3n) is 3.06. The van der Waals surface area contributed by atoms with Crippen LogP contribution in [0.1, 0.15) is 5.56 Å². The topological polar surface area (TPSA) is 38.7 Å². The van der Waals surface area contributed by atoms with E-state index in [0.29, 0.717) is 12.6 Å². The number of benzene rings is 2. The Morgan fingerprint density at radius 3 is 2.33 bits per heavy atom. The second-order valence-corrected chi connectivity index (χ2v) is 5.71. The van der Waals surface area contributed by atoms with Crippen molar-refractivity contribution in [1.29, 1.82) is 0 Å². The molecule has 0 radical (unpaired) electrons. The Labute approximate surface area is 128 Å². The number of hydrogen-bond acceptors (Lipinski definition) is 4. The molecule has 2 aromatic rings. The first-order valence-electron chi connectivity index (χ1n) is 6.79. The maximum absolute atomic E-state index is 9.19. The highest BCUT2D eigenvalue weighted by Gasteiger charge is 2.26. The van der Waals surface area contributed by atoms with Crippen molar-refractivity contribution in [2.45, 2.75) is 11.0 Å². The number of thioether (sulfide) groups is 1. The van der Waals surface area contributed by atoms with Crippen LogP contribution < -0.4 is 0 Å². The Kier molecular flexibility index (Phi) is 4.48. The average molecular weight is 300 g/mol. The van der Waals surface area contributed by atoms with Crippen LogP contribution in [0.3, 0.4) is 0 Å². The van der Waals surface area contributed by atoms with Crippen molar-refractivity contribution in [2.24, 2.45) is 0 Å². The minimum absolute atomic E-state index is 0.0401. The molecule has 0 spiro atoms. The summed E-state index contributed by atoms with van der Waals surface area (Å²) >= 11 is 1.60. The molecular formula is C17H16O3S. The first-order chi connectivity index (χ1) is 10.4. The van der Waals surface area contributed by atoms with Crippen LogP contribution in [0.25, 0.3) is 4.91 Å². The molecule has 0 bridgehead atoms. The van der Waals surface area contributed by atoms with E-state index in [1.165, 1.54) is 0 Å². The highest BCUT2D eigenvalue weighted by Crippen LogP contribution is 2.39. The Morgan fingerprint density at radius 1 is 1.05 bits per heavy atom. The van der Waals surface area contributed by atoms with Gasteiger partial charge in [0.2, 0.25) is 0 Å². The number of rotatable bonds is 4. The highest BCUT2D eigenvalue weighted by atomic mass is 32.2. The average Bonchev–Trinajstić information content (AvgIpc) is 3.03. The lowest BCUT2D eigenvalue weighted by atomic mass is 10.2. The van der Waals surface area contributed by atoms with Crippen molar-refractivity contribution in [3.8, 4) is 0 Å². The Balaban J connectivity index is 1.94. The van der Waals surface area contributed by atoms with E-state index in [4.69, 9.17) is 9.47 Å². The Morgan fingerprint density at radius 2 is 1.71 bits per heavy atom. The van der Waals surface area contributed by atoms with E-state index in [9.17, 15) is 5.11 Å². The largest absolute Gasteiger partial charge is 0.461 e. The molecule has 1 unspecified atom stereocenters. The van der Waals surface area contributed by atoms with E-state index in [1.54, 1.807) is 11.8 Å². The molecule has 0 amide bonds. The molecule has 108 valence electrons. The smallest absolute Gasteiger partial charge is 0.295 e. The molecule has 3 nitrogen and oxygen atoms in total. The van der Waals surface area contributed by atoms with Gasteiger partial charge in [0, 0.05) is 4.90 Å². The van der Waals surface area contributed by atoms with Crippen molar-refractivity contribution < 1.29 is 14.6 Å². The summed E-state index contributed by atoms with van der Waals surface area (Å²) in [6.07, 6.45) is -0.282. The lowest BCUT2D eigenvalue weighted by Crippen LogP contribution is -2.13. The number of aliphatic hydroxyl groups is 1. The van der Waals surface area contributed by atoms with Crippen LogP contribution in [0, 0.1) is 0 Å². The van der Waals surface area contributed by atoms with Crippen molar-refractivity contribution >= 4 is 16.7 Å². The van der Waals surface area contributed by atoms with E-state index >= 15 is 0 Å². The van der Waals surface area contributed by atoms with Crippen LogP contribution >= 0.6 is 11.8 Å². The summed E-state index contributed by atoms with van der Waals surface area (Å²) in [6.45, 7) is 0.346. The molecule has 1 aliphatic heterocycles. The Hall–Kier alpha value is -1.91. The van der Waals surface area contributed by atoms with Gasteiger partial charge in [0.25, 0.3) is 5.95 Å². The summed E-state index contributed by atoms with van der Waals surface area (Å²) in [5.41, 5.74) is 1.04. The second-order valence-electron chi connectivity index (χ2n) is 4.63. The lowest BCUT2D eigenvalue weighted by molar-refractivity contribution is 0.0951. The summed E-state index contributed by atoms with van der Waals surface area (Å²) in [4.78, 5) is 2.04. The maximum Gasteiger partial charge on any atom is 0.295 e. The van der Waals surface area contributed by atoms with E-state index in [2.05, 4.69) is 0 Å². The van der Waals surface area contributed by atoms with Gasteiger partial charge in [-0.15, -0.1) is 0 Å². The molecule has 3 rings (SSSR count). The van der Waals surface area contributed by atoms with Crippen molar-refractivity contribution in [1.82, 2.24) is 0 Å². The summed E-state index contributed by atoms with van der Waals surface area (Å²) in [7, 11) is 0. The van der Waals surface area contributed by atoms with Crippen LogP contribution in [0.5, 0.6) is 0 Å². The van der Waals surface area contributed by atoms with Gasteiger partial charge in [-0.25, -0.2) is 0 Å². The van der Waals surface area contributed by atoms with Gasteiger partial charge in [0.1, 0.15) is 11.5 Å². The zero-order valence-electron chi connectivity index (χ0n) is 11.4. The molecule has 21 heavy (non-hydrogen) atoms. The monoisotopic (exact) mass is 300 g/mol. The molecule has 0 aliphatic carbocycles. The van der Waals surface area contributed by atoms with Gasteiger partial charge in [-0.1, -0.05) is 60.3 Å². The molecule has 0 saturated carbocycles. The fourth-order valence-corrected chi connectivity index (χ4v) is 2.98. The van der Waals surface area contributed by atoms with E-state index in [-0.39, 0.29) is 12.7 Å². The van der Waals surface area contributed by atoms with E-state index in [1.807, 2.05) is 60.7 Å². The third-order valence-corrected chi connectivity index (χ3v) is 4.18. The van der Waals surface area contributed by atoms with Crippen LogP contribution in [-0.4, -0.2) is 24.4 Å². The number of hydrogen-bond donors (Lipinski definition) is 1. The molecular weight excluding hydrogens is 284 g/mol. The molecule has 1 fully saturated rings. The molecule has 1 N–H and O–H groups in total. The van der Waals surface area contributed by atoms with E-state index < -0.39 is 0 Å². The molecule has 2 aromatic carbocycles. The standard InChI is InChI=1S/C17H16O3S/c18-11-14-12-19-17(20-14)16(13-7-3-1-4-8-13)21-15-9-5-2-6-10-15/h1-10,14,18H,11-12H2/b17-16+. The second kappa shape index (κ2) is 6.70. The molecule has 1 saturated heterocycles. The lowest BCUT2D eigenvalue weighted by Gasteiger charge is -2.10. The number of ether oxygens (including phenoxy) is 2. The van der Waals surface area contributed by atoms with Crippen LogP contribution in [0.4, 0.5) is 0 Å². The molecule has 1 atom stereocenters. The maximum atomic E-state index is 9.19. The van der Waals surface area contributed by atoms with Crippen molar-refractivity contribution in [2.75, 3.05) is 13.2 Å². The third kappa shape index (κ3) is 3.40. The van der Waals surface area contributed by atoms with Gasteiger partial charge >= 0.3 is 0 Å². The predicted molar refractivity (Wildman–Crippen MR) is 83.6 cm³/mol. The summed E-state index contributed by atoms with van der Waals surface area (Å²) in [5, 5.41) is 9.19. The van der Waals surface area contributed by atoms with Crippen LogP contribution in [-0.2, 0) is 9.47 Å². The Bertz CT molecular complexity index is 610. The normalized spacial score (nSPS) is 19.8. The zero-order chi connectivity index (χ0) is 14.5. The van der Waals surface area contributed by atoms with Gasteiger partial charge in [-0.2, -0.15) is 0 Å². The highest BCUT2D eigenvalue weighted by molar-refractivity contribution is 8.08. The molecule has 0 aromatic heterocycles. The fourth-order valence-electron chi connectivity index (χ4n) is 2.01. The van der Waals surface area contributed by atoms with Crippen molar-refractivity contribution in [3.63, 3.8) is 0 Å². The predicted octanol–water partition coefficient (Wildman–Crippen LogP) is 3.51. The van der Waals surface area contributed by atoms with E-state index in [0.717, 1.165) is 15.4 Å². The molecule has 1 aliphatic rings. The van der Waals surface area contributed by atoms with Gasteiger partial charge in [-0.3, -0.25) is 0 Å².